The molecule has 1 N–H and O–H groups in total. The number of fused-ring (bicyclic) bond motifs is 3. The molecule has 0 heterocycles. The van der Waals surface area contributed by atoms with Gasteiger partial charge in [-0.3, -0.25) is 9.59 Å². The average Bonchev–Trinajstić information content (AvgIpc) is 3.19. The summed E-state index contributed by atoms with van der Waals surface area (Å²) in [4.78, 5) is 42.5. The zero-order valence-corrected chi connectivity index (χ0v) is 25.2. The van der Waals surface area contributed by atoms with E-state index in [1.54, 1.807) is 44.6 Å². The van der Waals surface area contributed by atoms with Gasteiger partial charge in [-0.15, -0.1) is 21.9 Å². The number of nitrogens with one attached hydrogen (secondary N) is 1. The minimum Gasteiger partial charge on any atom is -0.493 e. The van der Waals surface area contributed by atoms with E-state index in [9.17, 15) is 19.7 Å². The number of amides is 1. The lowest BCUT2D eigenvalue weighted by Gasteiger charge is -2.20. The third-order valence-electron chi connectivity index (χ3n) is 6.67. The monoisotopic (exact) mass is 678 g/mol. The molecule has 0 aliphatic heterocycles. The van der Waals surface area contributed by atoms with Crippen LogP contribution in [-0.2, 0) is 17.9 Å². The van der Waals surface area contributed by atoms with Gasteiger partial charge in [-0.1, -0.05) is 18.2 Å². The molecule has 3 aromatic rings. The number of hydrogen-bond acceptors (Lipinski definition) is 9. The summed E-state index contributed by atoms with van der Waals surface area (Å²) in [6.45, 7) is -0.274. The van der Waals surface area contributed by atoms with Crippen LogP contribution in [-0.4, -0.2) is 38.6 Å². The van der Waals surface area contributed by atoms with Gasteiger partial charge in [0.2, 0.25) is 5.75 Å². The van der Waals surface area contributed by atoms with Crippen LogP contribution >= 0.6 is 34.4 Å². The third-order valence-corrected chi connectivity index (χ3v) is 8.73. The first-order valence-electron chi connectivity index (χ1n) is 12.1. The number of methoxy groups -OCH3 is 3. The van der Waals surface area contributed by atoms with Crippen molar-refractivity contribution in [3.8, 4) is 28.4 Å². The molecule has 0 saturated heterocycles. The lowest BCUT2D eigenvalue weighted by Crippen LogP contribution is -2.30. The van der Waals surface area contributed by atoms with E-state index in [2.05, 4.69) is 10.2 Å². The van der Waals surface area contributed by atoms with Crippen LogP contribution < -0.4 is 25.0 Å². The van der Waals surface area contributed by atoms with E-state index in [-0.39, 0.29) is 17.9 Å². The van der Waals surface area contributed by atoms with Gasteiger partial charge in [0.05, 0.1) is 37.8 Å². The second-order valence-electron chi connectivity index (χ2n) is 8.80. The number of rotatable bonds is 9. The fourth-order valence-corrected chi connectivity index (χ4v) is 6.07. The second-order valence-corrected chi connectivity index (χ2v) is 10.7. The molecule has 0 unspecified atom stereocenters. The molecule has 10 nitrogen and oxygen atoms in total. The minimum atomic E-state index is -0.870. The Balaban J connectivity index is 1.85. The van der Waals surface area contributed by atoms with E-state index in [1.165, 1.54) is 18.9 Å². The molecule has 0 radical (unpaired) electrons. The van der Waals surface area contributed by atoms with Gasteiger partial charge in [-0.05, 0) is 88.2 Å². The second kappa shape index (κ2) is 12.8. The fourth-order valence-electron chi connectivity index (χ4n) is 4.84. The summed E-state index contributed by atoms with van der Waals surface area (Å²) < 4.78 is 17.6. The van der Waals surface area contributed by atoms with E-state index < -0.39 is 11.1 Å². The van der Waals surface area contributed by atoms with Gasteiger partial charge in [-0.25, -0.2) is 0 Å². The first kappa shape index (κ1) is 29.5. The Morgan fingerprint density at radius 2 is 1.88 bits per heavy atom. The van der Waals surface area contributed by atoms with Crippen molar-refractivity contribution >= 4 is 40.3 Å². The molecule has 210 valence electrons. The molecule has 0 spiro atoms. The highest BCUT2D eigenvalue weighted by atomic mass is 127. The molecule has 4 rings (SSSR count). The zero-order chi connectivity index (χ0) is 29.0. The molecule has 1 atom stereocenters. The van der Waals surface area contributed by atoms with Gasteiger partial charge >= 0.3 is 0 Å². The maximum Gasteiger partial charge on any atom is 0.294 e. The molecule has 1 amide bonds. The Hall–Kier alpha value is -3.52. The van der Waals surface area contributed by atoms with Crippen LogP contribution in [0.5, 0.6) is 17.2 Å². The third kappa shape index (κ3) is 5.82. The smallest absolute Gasteiger partial charge is 0.294 e. The highest BCUT2D eigenvalue weighted by Gasteiger charge is 2.30. The number of halogens is 1. The standard InChI is InChI=1S/C28H27IN2O8S/c1-36-22-12-15-8-10-20(30-28(33)18-7-5-6-16(25(18)29)14-39-31(34)35)19-13-21(32)23(40-4)11-9-17(19)24(15)27(38-3)26(22)37-2/h5-7,9,11-13,20H,8,10,14H2,1-4H3,(H,30,33)/t20-/m0/s1. The first-order valence-corrected chi connectivity index (χ1v) is 14.4. The summed E-state index contributed by atoms with van der Waals surface area (Å²) in [6, 6.07) is 11.6. The van der Waals surface area contributed by atoms with E-state index in [0.717, 1.165) is 16.7 Å². The van der Waals surface area contributed by atoms with Gasteiger partial charge in [0.15, 0.2) is 16.9 Å². The molecule has 1 aliphatic carbocycles. The van der Waals surface area contributed by atoms with Crippen LogP contribution in [0.15, 0.2) is 52.2 Å². The lowest BCUT2D eigenvalue weighted by atomic mass is 9.95. The quantitative estimate of drug-likeness (QED) is 0.141. The largest absolute Gasteiger partial charge is 0.493 e. The van der Waals surface area contributed by atoms with Crippen molar-refractivity contribution in [3.05, 3.63) is 88.6 Å². The lowest BCUT2D eigenvalue weighted by molar-refractivity contribution is -0.763. The van der Waals surface area contributed by atoms with Crippen LogP contribution in [0.2, 0.25) is 0 Å². The molecule has 0 aromatic heterocycles. The zero-order valence-electron chi connectivity index (χ0n) is 22.2. The van der Waals surface area contributed by atoms with Crippen molar-refractivity contribution in [1.82, 2.24) is 5.32 Å². The van der Waals surface area contributed by atoms with Crippen LogP contribution in [0.4, 0.5) is 0 Å². The van der Waals surface area contributed by atoms with Crippen LogP contribution in [0, 0.1) is 13.7 Å². The number of hydrogen-bond donors (Lipinski definition) is 1. The number of thioether (sulfide) groups is 1. The van der Waals surface area contributed by atoms with Gasteiger partial charge < -0.3 is 24.4 Å². The van der Waals surface area contributed by atoms with Crippen molar-refractivity contribution in [3.63, 3.8) is 0 Å². The molecule has 40 heavy (non-hydrogen) atoms. The minimum absolute atomic E-state index is 0.163. The topological polar surface area (TPSA) is 126 Å². The van der Waals surface area contributed by atoms with Gasteiger partial charge in [-0.2, -0.15) is 0 Å². The summed E-state index contributed by atoms with van der Waals surface area (Å²) in [7, 11) is 4.64. The highest BCUT2D eigenvalue weighted by molar-refractivity contribution is 14.1. The number of benzene rings is 2. The number of carbonyl (C=O) groups excluding carboxylic acids is 1. The number of aryl methyl sites for hydroxylation is 1. The Morgan fingerprint density at radius 3 is 2.52 bits per heavy atom. The number of nitrogens with zero attached hydrogens (tertiary/aromatic N) is 1. The van der Waals surface area contributed by atoms with Crippen LogP contribution in [0.25, 0.3) is 11.1 Å². The molecule has 0 fully saturated rings. The molecular formula is C28H27IN2O8S. The van der Waals surface area contributed by atoms with E-state index in [1.807, 2.05) is 41.0 Å². The van der Waals surface area contributed by atoms with Crippen molar-refractivity contribution in [1.29, 1.82) is 0 Å². The van der Waals surface area contributed by atoms with E-state index >= 15 is 0 Å². The maximum absolute atomic E-state index is 13.6. The predicted octanol–water partition coefficient (Wildman–Crippen LogP) is 5.19. The van der Waals surface area contributed by atoms with Crippen molar-refractivity contribution in [2.75, 3.05) is 27.6 Å². The van der Waals surface area contributed by atoms with Gasteiger partial charge in [0, 0.05) is 9.13 Å². The highest BCUT2D eigenvalue weighted by Crippen LogP contribution is 2.50. The van der Waals surface area contributed by atoms with E-state index in [4.69, 9.17) is 14.2 Å². The van der Waals surface area contributed by atoms with Gasteiger partial charge in [0.1, 0.15) is 6.61 Å². The first-order chi connectivity index (χ1) is 19.2. The normalized spacial score (nSPS) is 13.8. The maximum atomic E-state index is 13.6. The Labute approximate surface area is 248 Å². The summed E-state index contributed by atoms with van der Waals surface area (Å²) in [5, 5.41) is 12.9. The van der Waals surface area contributed by atoms with Crippen LogP contribution in [0.3, 0.4) is 0 Å². The predicted molar refractivity (Wildman–Crippen MR) is 159 cm³/mol. The Kier molecular flexibility index (Phi) is 9.40. The molecule has 12 heteroatoms. The van der Waals surface area contributed by atoms with Crippen LogP contribution in [0.1, 0.15) is 39.5 Å². The summed E-state index contributed by atoms with van der Waals surface area (Å²) in [6.07, 6.45) is 2.87. The van der Waals surface area contributed by atoms with Gasteiger partial charge in [0.25, 0.3) is 11.0 Å². The number of ether oxygens (including phenoxy) is 3. The SMILES string of the molecule is COc1cc2c(c(OC)c1OC)-c1ccc(SC)c(=O)cc1[C@@H](NC(=O)c1cccc(CO[N+](=O)[O-])c1I)CC2. The molecule has 0 saturated carbocycles. The van der Waals surface area contributed by atoms with Crippen molar-refractivity contribution < 1.29 is 28.9 Å². The molecular weight excluding hydrogens is 651 g/mol. The van der Waals surface area contributed by atoms with E-state index in [0.29, 0.717) is 55.2 Å². The Morgan fingerprint density at radius 1 is 1.12 bits per heavy atom. The number of carbonyl (C=O) groups is 1. The summed E-state index contributed by atoms with van der Waals surface area (Å²) >= 11 is 3.33. The van der Waals surface area contributed by atoms with Crippen molar-refractivity contribution in [2.45, 2.75) is 30.4 Å². The molecule has 0 bridgehead atoms. The fraction of sp³-hybridized carbons (Fsp3) is 0.286. The Bertz CT molecular complexity index is 1530. The summed E-state index contributed by atoms with van der Waals surface area (Å²) in [5.41, 5.74) is 3.77. The van der Waals surface area contributed by atoms with Crippen molar-refractivity contribution in [2.24, 2.45) is 0 Å². The average molecular weight is 679 g/mol. The molecule has 3 aromatic carbocycles. The summed E-state index contributed by atoms with van der Waals surface area (Å²) in [5.74, 6) is 1.04. The molecule has 1 aliphatic rings.